The summed E-state index contributed by atoms with van der Waals surface area (Å²) >= 11 is 0. The minimum Gasteiger partial charge on any atom is -0.358 e. The van der Waals surface area contributed by atoms with E-state index in [4.69, 9.17) is 4.98 Å². The zero-order valence-electron chi connectivity index (χ0n) is 27.5. The Morgan fingerprint density at radius 3 is 2.72 bits per heavy atom. The van der Waals surface area contributed by atoms with Gasteiger partial charge in [0.25, 0.3) is 0 Å². The van der Waals surface area contributed by atoms with Crippen LogP contribution in [-0.4, -0.2) is 54.7 Å². The molecule has 1 fully saturated rings. The molecule has 8 nitrogen and oxygen atoms in total. The summed E-state index contributed by atoms with van der Waals surface area (Å²) in [6.45, 7) is 17.8. The molecule has 0 atom stereocenters. The fourth-order valence-electron chi connectivity index (χ4n) is 6.38. The molecule has 0 bridgehead atoms. The van der Waals surface area contributed by atoms with Crippen molar-refractivity contribution in [2.45, 2.75) is 52.9 Å². The Hall–Kier alpha value is -4.89. The van der Waals surface area contributed by atoms with Crippen LogP contribution in [0.2, 0.25) is 0 Å². The number of pyridine rings is 2. The average molecular weight is 631 g/mol. The van der Waals surface area contributed by atoms with Crippen LogP contribution in [0.4, 0.5) is 10.1 Å². The highest BCUT2D eigenvalue weighted by molar-refractivity contribution is 5.93. The highest BCUT2D eigenvalue weighted by atomic mass is 19.1. The zero-order valence-corrected chi connectivity index (χ0v) is 27.5. The molecule has 6 rings (SSSR count). The van der Waals surface area contributed by atoms with E-state index in [0.717, 1.165) is 87.4 Å². The van der Waals surface area contributed by atoms with Crippen LogP contribution in [0.1, 0.15) is 62.0 Å². The number of nitrogens with one attached hydrogen (secondary N) is 3. The van der Waals surface area contributed by atoms with Crippen molar-refractivity contribution in [1.82, 2.24) is 35.0 Å². The third-order valence-electron chi connectivity index (χ3n) is 8.51. The molecule has 1 aliphatic rings. The molecule has 1 saturated heterocycles. The van der Waals surface area contributed by atoms with Crippen molar-refractivity contribution in [2.75, 3.05) is 25.0 Å². The number of imidazole rings is 1. The van der Waals surface area contributed by atoms with Crippen LogP contribution < -0.4 is 5.32 Å². The van der Waals surface area contributed by atoms with Gasteiger partial charge in [-0.1, -0.05) is 45.2 Å². The second-order valence-corrected chi connectivity index (χ2v) is 12.9. The van der Waals surface area contributed by atoms with Crippen molar-refractivity contribution in [2.24, 2.45) is 5.92 Å². The van der Waals surface area contributed by atoms with Crippen molar-refractivity contribution >= 4 is 22.2 Å². The minimum absolute atomic E-state index is 0.252. The fraction of sp³-hybridized carbons (Fsp3) is 0.316. The third-order valence-corrected chi connectivity index (χ3v) is 8.51. The van der Waals surface area contributed by atoms with Gasteiger partial charge in [0, 0.05) is 34.1 Å². The number of H-pyrrole nitrogens is 2. The van der Waals surface area contributed by atoms with Crippen LogP contribution in [0.5, 0.6) is 0 Å². The van der Waals surface area contributed by atoms with E-state index >= 15 is 0 Å². The van der Waals surface area contributed by atoms with Gasteiger partial charge in [-0.05, 0) is 100.0 Å². The molecule has 1 aliphatic heterocycles. The number of rotatable bonds is 13. The Kier molecular flexibility index (Phi) is 9.73. The number of likely N-dealkylation sites (tertiary alicyclic amines) is 1. The number of allylic oxidation sites excluding steroid dienone is 3. The maximum absolute atomic E-state index is 15.0. The van der Waals surface area contributed by atoms with Crippen LogP contribution in [0.25, 0.3) is 39.3 Å². The van der Waals surface area contributed by atoms with Crippen molar-refractivity contribution in [3.05, 3.63) is 108 Å². The van der Waals surface area contributed by atoms with Crippen LogP contribution in [0, 0.1) is 18.7 Å². The van der Waals surface area contributed by atoms with Gasteiger partial charge in [-0.3, -0.25) is 15.1 Å². The lowest BCUT2D eigenvalue weighted by atomic mass is 9.97. The molecule has 1 aromatic carbocycles. The molecule has 5 heterocycles. The Bertz CT molecular complexity index is 1930. The molecule has 47 heavy (non-hydrogen) atoms. The molecule has 242 valence electrons. The van der Waals surface area contributed by atoms with E-state index in [9.17, 15) is 4.39 Å². The van der Waals surface area contributed by atoms with Gasteiger partial charge >= 0.3 is 0 Å². The third kappa shape index (κ3) is 7.58. The second kappa shape index (κ2) is 14.3. The molecule has 0 unspecified atom stereocenters. The summed E-state index contributed by atoms with van der Waals surface area (Å²) in [5, 5.41) is 11.9. The van der Waals surface area contributed by atoms with E-state index in [1.807, 2.05) is 25.1 Å². The normalized spacial score (nSPS) is 13.9. The number of halogens is 1. The molecule has 0 amide bonds. The highest BCUT2D eigenvalue weighted by Gasteiger charge is 2.20. The van der Waals surface area contributed by atoms with E-state index in [-0.39, 0.29) is 5.82 Å². The fourth-order valence-corrected chi connectivity index (χ4v) is 6.38. The van der Waals surface area contributed by atoms with Gasteiger partial charge in [-0.15, -0.1) is 0 Å². The molecule has 3 N–H and O–H groups in total. The Morgan fingerprint density at radius 2 is 1.94 bits per heavy atom. The summed E-state index contributed by atoms with van der Waals surface area (Å²) in [7, 11) is 0. The lowest BCUT2D eigenvalue weighted by Crippen LogP contribution is -2.20. The molecule has 0 spiro atoms. The Morgan fingerprint density at radius 1 is 1.11 bits per heavy atom. The van der Waals surface area contributed by atoms with E-state index in [1.54, 1.807) is 36.8 Å². The van der Waals surface area contributed by atoms with Crippen molar-refractivity contribution in [3.8, 4) is 22.8 Å². The van der Waals surface area contributed by atoms with Crippen molar-refractivity contribution < 1.29 is 4.39 Å². The number of aromatic nitrogens is 6. The molecular formula is C38H43FN8. The predicted molar refractivity (Wildman–Crippen MR) is 189 cm³/mol. The molecule has 0 radical (unpaired) electrons. The van der Waals surface area contributed by atoms with Crippen molar-refractivity contribution in [1.29, 1.82) is 0 Å². The second-order valence-electron chi connectivity index (χ2n) is 12.9. The molecule has 0 aliphatic carbocycles. The van der Waals surface area contributed by atoms with E-state index in [1.165, 1.54) is 25.9 Å². The lowest BCUT2D eigenvalue weighted by Gasteiger charge is -2.14. The van der Waals surface area contributed by atoms with Gasteiger partial charge < -0.3 is 15.2 Å². The van der Waals surface area contributed by atoms with Crippen LogP contribution >= 0.6 is 0 Å². The van der Waals surface area contributed by atoms with E-state index in [0.29, 0.717) is 17.4 Å². The predicted octanol–water partition coefficient (Wildman–Crippen LogP) is 8.48. The minimum atomic E-state index is -0.252. The standard InChI is InChI=1S/C38H43FN8/c1-6-10-32(28-16-27(17-30(39)18-28)11-9-14-47-12-7-8-13-47)36-26(5)43-38(44-36)37-33-20-34(41-23-35(33)45-46-37)29-19-31(22-40-21-29)42-25(4)15-24(2)3/h6,10,16-24,42H,1,4,7-9,11-15H2,2-3,5H3,(H,43,44)(H,45,46)/b32-10-. The van der Waals surface area contributed by atoms with Crippen molar-refractivity contribution in [3.63, 3.8) is 0 Å². The molecule has 4 aromatic heterocycles. The van der Waals surface area contributed by atoms with E-state index in [2.05, 4.69) is 68.4 Å². The van der Waals surface area contributed by atoms with Crippen LogP contribution in [-0.2, 0) is 6.42 Å². The van der Waals surface area contributed by atoms with Gasteiger partial charge in [0.2, 0.25) is 0 Å². The Labute approximate surface area is 276 Å². The molecule has 5 aromatic rings. The number of hydrogen-bond acceptors (Lipinski definition) is 6. The number of nitrogens with zero attached hydrogens (tertiary/aromatic N) is 5. The van der Waals surface area contributed by atoms with E-state index < -0.39 is 0 Å². The first kappa shape index (κ1) is 32.1. The summed E-state index contributed by atoms with van der Waals surface area (Å²) in [6, 6.07) is 9.31. The summed E-state index contributed by atoms with van der Waals surface area (Å²) in [5.41, 5.74) is 9.04. The number of anilines is 1. The van der Waals surface area contributed by atoms with Gasteiger partial charge in [-0.2, -0.15) is 5.10 Å². The first-order valence-electron chi connectivity index (χ1n) is 16.4. The molecule has 0 saturated carbocycles. The first-order valence-corrected chi connectivity index (χ1v) is 16.4. The monoisotopic (exact) mass is 630 g/mol. The Balaban J connectivity index is 1.28. The zero-order chi connectivity index (χ0) is 32.9. The first-order chi connectivity index (χ1) is 22.8. The number of benzene rings is 1. The maximum Gasteiger partial charge on any atom is 0.159 e. The largest absolute Gasteiger partial charge is 0.358 e. The quantitative estimate of drug-likeness (QED) is 0.113. The lowest BCUT2D eigenvalue weighted by molar-refractivity contribution is 0.334. The smallest absolute Gasteiger partial charge is 0.159 e. The summed E-state index contributed by atoms with van der Waals surface area (Å²) < 4.78 is 15.0. The van der Waals surface area contributed by atoms with Gasteiger partial charge in [0.15, 0.2) is 5.82 Å². The average Bonchev–Trinajstić information content (AvgIpc) is 3.79. The number of hydrogen-bond donors (Lipinski definition) is 3. The van der Waals surface area contributed by atoms with Gasteiger partial charge in [-0.25, -0.2) is 9.37 Å². The van der Waals surface area contributed by atoms with Gasteiger partial charge in [0.05, 0.1) is 35.0 Å². The summed E-state index contributed by atoms with van der Waals surface area (Å²) in [5.74, 6) is 0.861. The van der Waals surface area contributed by atoms with Crippen LogP contribution in [0.15, 0.2) is 79.9 Å². The molecular weight excluding hydrogens is 587 g/mol. The molecule has 9 heteroatoms. The maximum atomic E-state index is 15.0. The highest BCUT2D eigenvalue weighted by Crippen LogP contribution is 2.32. The number of fused-ring (bicyclic) bond motifs is 1. The SMILES string of the molecule is C=C/C=C(/c1cc(F)cc(CCCN2CCCC2)c1)c1nc(-c2n[nH]c3cnc(-c4cncc(NC(=C)CC(C)C)c4)cc23)[nH]c1C. The topological polar surface area (TPSA) is 98.4 Å². The van der Waals surface area contributed by atoms with Crippen LogP contribution in [0.3, 0.4) is 0 Å². The van der Waals surface area contributed by atoms with Gasteiger partial charge in [0.1, 0.15) is 11.5 Å². The summed E-state index contributed by atoms with van der Waals surface area (Å²) in [4.78, 5) is 20.0. The number of aryl methyl sites for hydroxylation is 2. The number of aromatic amines is 2. The summed E-state index contributed by atoms with van der Waals surface area (Å²) in [6.07, 6.45) is 14.2.